The maximum Gasteiger partial charge on any atom is 0.342 e. The number of aromatic hydroxyl groups is 1. The summed E-state index contributed by atoms with van der Waals surface area (Å²) >= 11 is 1.54. The van der Waals surface area contributed by atoms with E-state index in [0.717, 1.165) is 24.8 Å². The predicted molar refractivity (Wildman–Crippen MR) is 89.5 cm³/mol. The summed E-state index contributed by atoms with van der Waals surface area (Å²) in [5, 5.41) is 10.3. The molecule has 0 amide bonds. The molecule has 0 bridgehead atoms. The Morgan fingerprint density at radius 2 is 2.17 bits per heavy atom. The molecule has 7 heteroatoms. The highest BCUT2D eigenvalue weighted by atomic mass is 32.1. The van der Waals surface area contributed by atoms with E-state index in [4.69, 9.17) is 4.74 Å². The Kier molecular flexibility index (Phi) is 3.57. The van der Waals surface area contributed by atoms with Gasteiger partial charge in [0.1, 0.15) is 28.6 Å². The number of thiophene rings is 1. The molecule has 0 unspecified atom stereocenters. The molecule has 0 aliphatic heterocycles. The van der Waals surface area contributed by atoms with Crippen molar-refractivity contribution in [3.63, 3.8) is 0 Å². The van der Waals surface area contributed by atoms with Gasteiger partial charge in [0.15, 0.2) is 0 Å². The first kappa shape index (κ1) is 14.9. The Balaban J connectivity index is 1.58. The number of hydrogen-bond acceptors (Lipinski definition) is 6. The molecule has 0 saturated heterocycles. The Hall–Kier alpha value is -2.67. The third kappa shape index (κ3) is 2.46. The number of nitrogens with one attached hydrogen (secondary N) is 1. The van der Waals surface area contributed by atoms with E-state index in [2.05, 4.69) is 9.97 Å². The number of aromatic amines is 1. The summed E-state index contributed by atoms with van der Waals surface area (Å²) in [6, 6.07) is 6.14. The second kappa shape index (κ2) is 5.76. The molecule has 0 saturated carbocycles. The first-order chi connectivity index (χ1) is 11.6. The SMILES string of the molecule is O=C(OCc1nc2sc3c(c2c(=O)[nH]1)CCC3)c1ccccc1O. The lowest BCUT2D eigenvalue weighted by molar-refractivity contribution is 0.0459. The molecule has 0 atom stereocenters. The first-order valence-corrected chi connectivity index (χ1v) is 8.43. The lowest BCUT2D eigenvalue weighted by Crippen LogP contribution is -2.14. The van der Waals surface area contributed by atoms with Gasteiger partial charge in [0.25, 0.3) is 5.56 Å². The van der Waals surface area contributed by atoms with E-state index in [-0.39, 0.29) is 23.5 Å². The number of carbonyl (C=O) groups excluding carboxylic acids is 1. The fourth-order valence-corrected chi connectivity index (χ4v) is 4.25. The van der Waals surface area contributed by atoms with Crippen molar-refractivity contribution in [1.29, 1.82) is 0 Å². The molecule has 2 heterocycles. The van der Waals surface area contributed by atoms with Gasteiger partial charge in [-0.3, -0.25) is 4.79 Å². The number of para-hydroxylation sites is 1. The third-order valence-electron chi connectivity index (χ3n) is 4.09. The van der Waals surface area contributed by atoms with Crippen LogP contribution in [0.15, 0.2) is 29.1 Å². The zero-order valence-electron chi connectivity index (χ0n) is 12.7. The van der Waals surface area contributed by atoms with E-state index >= 15 is 0 Å². The van der Waals surface area contributed by atoms with Crippen LogP contribution in [0.1, 0.15) is 33.0 Å². The zero-order valence-corrected chi connectivity index (χ0v) is 13.5. The van der Waals surface area contributed by atoms with E-state index in [1.807, 2.05) is 0 Å². The molecule has 0 radical (unpaired) electrons. The number of ether oxygens (including phenoxy) is 1. The number of phenolic OH excluding ortho intramolecular Hbond substituents is 1. The highest BCUT2D eigenvalue weighted by Crippen LogP contribution is 2.34. The molecule has 6 nitrogen and oxygen atoms in total. The summed E-state index contributed by atoms with van der Waals surface area (Å²) in [5.74, 6) is -0.505. The molecule has 2 aromatic heterocycles. The number of H-pyrrole nitrogens is 1. The number of nitrogens with zero attached hydrogens (tertiary/aromatic N) is 1. The normalized spacial score (nSPS) is 13.2. The van der Waals surface area contributed by atoms with Gasteiger partial charge in [-0.25, -0.2) is 9.78 Å². The summed E-state index contributed by atoms with van der Waals surface area (Å²) in [6.45, 7) is -0.152. The molecule has 122 valence electrons. The molecular weight excluding hydrogens is 328 g/mol. The van der Waals surface area contributed by atoms with Gasteiger partial charge in [-0.2, -0.15) is 0 Å². The fourth-order valence-electron chi connectivity index (χ4n) is 2.97. The van der Waals surface area contributed by atoms with Crippen LogP contribution in [0.4, 0.5) is 0 Å². The highest BCUT2D eigenvalue weighted by Gasteiger charge is 2.21. The van der Waals surface area contributed by atoms with Crippen LogP contribution in [0, 0.1) is 0 Å². The average molecular weight is 342 g/mol. The van der Waals surface area contributed by atoms with E-state index < -0.39 is 5.97 Å². The molecule has 0 fully saturated rings. The van der Waals surface area contributed by atoms with Crippen molar-refractivity contribution in [1.82, 2.24) is 9.97 Å². The standard InChI is InChI=1S/C17H14N2O4S/c20-11-6-2-1-4-9(11)17(22)23-8-13-18-15(21)14-10-5-3-7-12(10)24-16(14)19-13/h1-2,4,6,20H,3,5,7-8H2,(H,18,19,21). The number of aryl methyl sites for hydroxylation is 2. The Labute approximate surface area is 140 Å². The summed E-state index contributed by atoms with van der Waals surface area (Å²) < 4.78 is 5.15. The summed E-state index contributed by atoms with van der Waals surface area (Å²) in [5.41, 5.74) is 1.01. The molecule has 1 aliphatic rings. The van der Waals surface area contributed by atoms with Crippen molar-refractivity contribution in [3.05, 3.63) is 56.4 Å². The smallest absolute Gasteiger partial charge is 0.342 e. The van der Waals surface area contributed by atoms with Crippen LogP contribution >= 0.6 is 11.3 Å². The van der Waals surface area contributed by atoms with Gasteiger partial charge in [-0.05, 0) is 37.0 Å². The second-order valence-corrected chi connectivity index (χ2v) is 6.73. The molecule has 1 aromatic carbocycles. The molecule has 24 heavy (non-hydrogen) atoms. The Bertz CT molecular complexity index is 1010. The monoisotopic (exact) mass is 342 g/mol. The largest absolute Gasteiger partial charge is 0.507 e. The maximum absolute atomic E-state index is 12.3. The van der Waals surface area contributed by atoms with Gasteiger partial charge in [0.2, 0.25) is 0 Å². The van der Waals surface area contributed by atoms with Gasteiger partial charge in [0.05, 0.1) is 5.39 Å². The Morgan fingerprint density at radius 1 is 1.33 bits per heavy atom. The molecule has 0 spiro atoms. The van der Waals surface area contributed by atoms with E-state index in [9.17, 15) is 14.7 Å². The van der Waals surface area contributed by atoms with Crippen molar-refractivity contribution < 1.29 is 14.6 Å². The van der Waals surface area contributed by atoms with E-state index in [1.165, 1.54) is 28.3 Å². The summed E-state index contributed by atoms with van der Waals surface area (Å²) in [6.07, 6.45) is 2.99. The van der Waals surface area contributed by atoms with Crippen molar-refractivity contribution in [2.24, 2.45) is 0 Å². The van der Waals surface area contributed by atoms with Gasteiger partial charge in [-0.15, -0.1) is 11.3 Å². The van der Waals surface area contributed by atoms with Crippen molar-refractivity contribution >= 4 is 27.5 Å². The van der Waals surface area contributed by atoms with Crippen molar-refractivity contribution in [2.75, 3.05) is 0 Å². The minimum absolute atomic E-state index is 0.0797. The van der Waals surface area contributed by atoms with Crippen LogP contribution in [-0.4, -0.2) is 21.0 Å². The minimum atomic E-state index is -0.662. The van der Waals surface area contributed by atoms with Crippen molar-refractivity contribution in [2.45, 2.75) is 25.9 Å². The average Bonchev–Trinajstić information content (AvgIpc) is 3.13. The van der Waals surface area contributed by atoms with Crippen LogP contribution in [0.5, 0.6) is 5.75 Å². The van der Waals surface area contributed by atoms with Crippen LogP contribution < -0.4 is 5.56 Å². The molecular formula is C17H14N2O4S. The van der Waals surface area contributed by atoms with Crippen LogP contribution in [0.25, 0.3) is 10.2 Å². The predicted octanol–water partition coefficient (Wildman–Crippen LogP) is 2.54. The van der Waals surface area contributed by atoms with Crippen LogP contribution in [0.3, 0.4) is 0 Å². The molecule has 1 aliphatic carbocycles. The number of rotatable bonds is 3. The first-order valence-electron chi connectivity index (χ1n) is 7.62. The molecule has 4 rings (SSSR count). The number of esters is 1. The number of carbonyl (C=O) groups is 1. The highest BCUT2D eigenvalue weighted by molar-refractivity contribution is 7.18. The number of hydrogen-bond donors (Lipinski definition) is 2. The van der Waals surface area contributed by atoms with E-state index in [0.29, 0.717) is 16.0 Å². The van der Waals surface area contributed by atoms with Crippen molar-refractivity contribution in [3.8, 4) is 5.75 Å². The number of fused-ring (bicyclic) bond motifs is 3. The quantitative estimate of drug-likeness (QED) is 0.714. The number of aromatic nitrogens is 2. The van der Waals surface area contributed by atoms with Gasteiger partial charge >= 0.3 is 5.97 Å². The second-order valence-electron chi connectivity index (χ2n) is 5.64. The zero-order chi connectivity index (χ0) is 16.7. The molecule has 2 N–H and O–H groups in total. The van der Waals surface area contributed by atoms with E-state index in [1.54, 1.807) is 12.1 Å². The van der Waals surface area contributed by atoms with Gasteiger partial charge in [0, 0.05) is 4.88 Å². The summed E-state index contributed by atoms with van der Waals surface area (Å²) in [7, 11) is 0. The fraction of sp³-hybridized carbons (Fsp3) is 0.235. The number of benzene rings is 1. The van der Waals surface area contributed by atoms with Gasteiger partial charge < -0.3 is 14.8 Å². The third-order valence-corrected chi connectivity index (χ3v) is 5.27. The Morgan fingerprint density at radius 3 is 3.00 bits per heavy atom. The lowest BCUT2D eigenvalue weighted by Gasteiger charge is -2.06. The lowest BCUT2D eigenvalue weighted by atomic mass is 10.2. The molecule has 3 aromatic rings. The topological polar surface area (TPSA) is 92.3 Å². The maximum atomic E-state index is 12.3. The number of phenols is 1. The minimum Gasteiger partial charge on any atom is -0.507 e. The van der Waals surface area contributed by atoms with Gasteiger partial charge in [-0.1, -0.05) is 12.1 Å². The van der Waals surface area contributed by atoms with Crippen LogP contribution in [0.2, 0.25) is 0 Å². The summed E-state index contributed by atoms with van der Waals surface area (Å²) in [4.78, 5) is 33.3. The van der Waals surface area contributed by atoms with Crippen LogP contribution in [-0.2, 0) is 24.2 Å².